The van der Waals surface area contributed by atoms with E-state index in [-0.39, 0.29) is 23.0 Å². The van der Waals surface area contributed by atoms with Crippen LogP contribution in [0.1, 0.15) is 31.4 Å². The van der Waals surface area contributed by atoms with Gasteiger partial charge >= 0.3 is 0 Å². The molecule has 0 aliphatic rings. The molecule has 0 aliphatic carbocycles. The molecule has 0 fully saturated rings. The second-order valence-electron chi connectivity index (χ2n) is 4.49. The molecule has 1 rings (SSSR count). The number of sulfone groups is 1. The van der Waals surface area contributed by atoms with E-state index < -0.39 is 15.7 Å². The summed E-state index contributed by atoms with van der Waals surface area (Å²) in [5.41, 5.74) is 0.336. The number of nitriles is 1. The molecule has 1 aromatic rings. The van der Waals surface area contributed by atoms with Crippen molar-refractivity contribution in [3.63, 3.8) is 0 Å². The Balaban J connectivity index is 2.88. The largest absolute Gasteiger partial charge is 0.228 e. The summed E-state index contributed by atoms with van der Waals surface area (Å²) in [7, 11) is -3.22. The van der Waals surface area contributed by atoms with E-state index in [0.717, 1.165) is 12.5 Å². The standard InChI is InChI=1S/C13H16FNO2S/c1-3-10(2)8-18(16,17)9-11-4-5-13(14)12(6-11)7-15/h4-6,10H,3,8-9H2,1-2H3. The first-order chi connectivity index (χ1) is 8.38. The Morgan fingerprint density at radius 3 is 2.67 bits per heavy atom. The molecule has 0 aromatic heterocycles. The van der Waals surface area contributed by atoms with E-state index in [1.54, 1.807) is 6.07 Å². The Labute approximate surface area is 107 Å². The minimum Gasteiger partial charge on any atom is -0.228 e. The van der Waals surface area contributed by atoms with Crippen molar-refractivity contribution in [1.29, 1.82) is 5.26 Å². The SMILES string of the molecule is CCC(C)CS(=O)(=O)Cc1ccc(F)c(C#N)c1. The lowest BCUT2D eigenvalue weighted by atomic mass is 10.1. The zero-order chi connectivity index (χ0) is 13.8. The lowest BCUT2D eigenvalue weighted by molar-refractivity contribution is 0.563. The molecule has 0 N–H and O–H groups in total. The summed E-state index contributed by atoms with van der Waals surface area (Å²) >= 11 is 0. The second-order valence-corrected chi connectivity index (χ2v) is 6.60. The Kier molecular flexibility index (Phi) is 4.85. The molecule has 1 unspecified atom stereocenters. The highest BCUT2D eigenvalue weighted by Crippen LogP contribution is 2.15. The Morgan fingerprint density at radius 1 is 1.44 bits per heavy atom. The normalized spacial score (nSPS) is 13.0. The fourth-order valence-electron chi connectivity index (χ4n) is 1.61. The zero-order valence-corrected chi connectivity index (χ0v) is 11.3. The maximum absolute atomic E-state index is 13.1. The van der Waals surface area contributed by atoms with E-state index in [2.05, 4.69) is 0 Å². The average Bonchev–Trinajstić information content (AvgIpc) is 2.30. The van der Waals surface area contributed by atoms with E-state index >= 15 is 0 Å². The van der Waals surface area contributed by atoms with Crippen LogP contribution in [0.25, 0.3) is 0 Å². The number of hydrogen-bond acceptors (Lipinski definition) is 3. The van der Waals surface area contributed by atoms with Gasteiger partial charge in [-0.2, -0.15) is 5.26 Å². The van der Waals surface area contributed by atoms with Gasteiger partial charge < -0.3 is 0 Å². The van der Waals surface area contributed by atoms with Gasteiger partial charge in [0.15, 0.2) is 9.84 Å². The highest BCUT2D eigenvalue weighted by Gasteiger charge is 2.16. The summed E-state index contributed by atoms with van der Waals surface area (Å²) in [6, 6.07) is 5.54. The third-order valence-corrected chi connectivity index (χ3v) is 4.62. The van der Waals surface area contributed by atoms with Gasteiger partial charge in [0, 0.05) is 0 Å². The molecular formula is C13H16FNO2S. The third kappa shape index (κ3) is 4.11. The van der Waals surface area contributed by atoms with Crippen LogP contribution in [0.5, 0.6) is 0 Å². The van der Waals surface area contributed by atoms with Crippen molar-refractivity contribution >= 4 is 9.84 Å². The topological polar surface area (TPSA) is 57.9 Å². The molecule has 18 heavy (non-hydrogen) atoms. The summed E-state index contributed by atoms with van der Waals surface area (Å²) in [4.78, 5) is 0. The quantitative estimate of drug-likeness (QED) is 0.825. The van der Waals surface area contributed by atoms with Crippen LogP contribution in [0, 0.1) is 23.1 Å². The van der Waals surface area contributed by atoms with Gasteiger partial charge in [-0.05, 0) is 23.6 Å². The summed E-state index contributed by atoms with van der Waals surface area (Å²) in [6.45, 7) is 3.81. The number of benzene rings is 1. The molecule has 0 radical (unpaired) electrons. The van der Waals surface area contributed by atoms with Crippen molar-refractivity contribution in [2.24, 2.45) is 5.92 Å². The van der Waals surface area contributed by atoms with Gasteiger partial charge in [-0.15, -0.1) is 0 Å². The van der Waals surface area contributed by atoms with E-state index in [0.29, 0.717) is 5.56 Å². The molecule has 1 atom stereocenters. The third-order valence-electron chi connectivity index (χ3n) is 2.77. The van der Waals surface area contributed by atoms with Crippen molar-refractivity contribution in [3.8, 4) is 6.07 Å². The minimum absolute atomic E-state index is 0.103. The predicted molar refractivity (Wildman–Crippen MR) is 68.1 cm³/mol. The Hall–Kier alpha value is -1.41. The monoisotopic (exact) mass is 269 g/mol. The van der Waals surface area contributed by atoms with Crippen LogP contribution in [0.4, 0.5) is 4.39 Å². The van der Waals surface area contributed by atoms with Crippen LogP contribution in [-0.4, -0.2) is 14.2 Å². The fraction of sp³-hybridized carbons (Fsp3) is 0.462. The second kappa shape index (κ2) is 5.96. The molecule has 0 heterocycles. The zero-order valence-electron chi connectivity index (χ0n) is 10.5. The van der Waals surface area contributed by atoms with E-state index in [4.69, 9.17) is 5.26 Å². The van der Waals surface area contributed by atoms with Crippen molar-refractivity contribution in [2.45, 2.75) is 26.0 Å². The molecule has 0 saturated carbocycles. The number of rotatable bonds is 5. The summed E-state index contributed by atoms with van der Waals surface area (Å²) in [6.07, 6.45) is 0.798. The lowest BCUT2D eigenvalue weighted by Crippen LogP contribution is -2.15. The van der Waals surface area contributed by atoms with Crippen LogP contribution >= 0.6 is 0 Å². The maximum Gasteiger partial charge on any atom is 0.154 e. The number of nitrogens with zero attached hydrogens (tertiary/aromatic N) is 1. The first-order valence-electron chi connectivity index (χ1n) is 5.77. The summed E-state index contributed by atoms with van der Waals surface area (Å²) in [5, 5.41) is 8.69. The van der Waals surface area contributed by atoms with Crippen molar-refractivity contribution in [2.75, 3.05) is 5.75 Å². The van der Waals surface area contributed by atoms with Gasteiger partial charge in [0.25, 0.3) is 0 Å². The summed E-state index contributed by atoms with van der Waals surface area (Å²) < 4.78 is 36.8. The molecule has 98 valence electrons. The fourth-order valence-corrected chi connectivity index (χ4v) is 3.52. The number of halogens is 1. The van der Waals surface area contributed by atoms with Gasteiger partial charge in [0.1, 0.15) is 11.9 Å². The van der Waals surface area contributed by atoms with Gasteiger partial charge in [-0.3, -0.25) is 0 Å². The molecule has 0 amide bonds. The van der Waals surface area contributed by atoms with Gasteiger partial charge in [0.05, 0.1) is 17.1 Å². The van der Waals surface area contributed by atoms with Crippen LogP contribution < -0.4 is 0 Å². The highest BCUT2D eigenvalue weighted by atomic mass is 32.2. The van der Waals surface area contributed by atoms with Crippen molar-refractivity contribution < 1.29 is 12.8 Å². The predicted octanol–water partition coefficient (Wildman–Crippen LogP) is 2.66. The van der Waals surface area contributed by atoms with Crippen LogP contribution in [0.15, 0.2) is 18.2 Å². The molecule has 0 bridgehead atoms. The molecule has 5 heteroatoms. The average molecular weight is 269 g/mol. The smallest absolute Gasteiger partial charge is 0.154 e. The summed E-state index contributed by atoms with van der Waals surface area (Å²) in [5.74, 6) is -0.554. The Bertz CT molecular complexity index is 561. The van der Waals surface area contributed by atoms with Crippen molar-refractivity contribution in [3.05, 3.63) is 35.1 Å². The van der Waals surface area contributed by atoms with Crippen LogP contribution in [0.3, 0.4) is 0 Å². The molecule has 0 saturated heterocycles. The first kappa shape index (κ1) is 14.7. The van der Waals surface area contributed by atoms with Gasteiger partial charge in [-0.1, -0.05) is 26.3 Å². The number of hydrogen-bond donors (Lipinski definition) is 0. The van der Waals surface area contributed by atoms with E-state index in [1.165, 1.54) is 12.1 Å². The Morgan fingerprint density at radius 2 is 2.11 bits per heavy atom. The molecule has 0 spiro atoms. The van der Waals surface area contributed by atoms with E-state index in [1.807, 2.05) is 13.8 Å². The maximum atomic E-state index is 13.1. The molecule has 0 aliphatic heterocycles. The van der Waals surface area contributed by atoms with Crippen LogP contribution in [-0.2, 0) is 15.6 Å². The van der Waals surface area contributed by atoms with Crippen LogP contribution in [0.2, 0.25) is 0 Å². The molecular weight excluding hydrogens is 253 g/mol. The highest BCUT2D eigenvalue weighted by molar-refractivity contribution is 7.90. The van der Waals surface area contributed by atoms with Crippen molar-refractivity contribution in [1.82, 2.24) is 0 Å². The lowest BCUT2D eigenvalue weighted by Gasteiger charge is -2.09. The van der Waals surface area contributed by atoms with Gasteiger partial charge in [-0.25, -0.2) is 12.8 Å². The van der Waals surface area contributed by atoms with E-state index in [9.17, 15) is 12.8 Å². The van der Waals surface area contributed by atoms with Gasteiger partial charge in [0.2, 0.25) is 0 Å². The first-order valence-corrected chi connectivity index (χ1v) is 7.59. The molecule has 1 aromatic carbocycles. The molecule has 3 nitrogen and oxygen atoms in total. The minimum atomic E-state index is -3.22.